The molecule has 0 bridgehead atoms. The minimum Gasteiger partial charge on any atom is -0.468 e. The molecule has 0 aromatic rings. The van der Waals surface area contributed by atoms with Gasteiger partial charge in [0.15, 0.2) is 5.92 Å². The number of rotatable bonds is 5. The normalized spacial score (nSPS) is 15.5. The third-order valence-corrected chi connectivity index (χ3v) is 2.34. The maximum absolute atomic E-state index is 12.1. The van der Waals surface area contributed by atoms with Crippen LogP contribution in [0.25, 0.3) is 0 Å². The van der Waals surface area contributed by atoms with Gasteiger partial charge < -0.3 is 24.7 Å². The highest BCUT2D eigenvalue weighted by atomic mass is 16.6. The molecule has 0 aliphatic rings. The van der Waals surface area contributed by atoms with Gasteiger partial charge in [-0.1, -0.05) is 0 Å². The Morgan fingerprint density at radius 3 is 1.85 bits per heavy atom. The van der Waals surface area contributed by atoms with Gasteiger partial charge in [-0.2, -0.15) is 0 Å². The van der Waals surface area contributed by atoms with Gasteiger partial charge in [-0.15, -0.1) is 0 Å². The molecule has 2 atom stereocenters. The summed E-state index contributed by atoms with van der Waals surface area (Å²) in [6, 6.07) is 0. The molecule has 0 amide bonds. The summed E-state index contributed by atoms with van der Waals surface area (Å²) in [5.74, 6) is -5.53. The van der Waals surface area contributed by atoms with Crippen LogP contribution in [0.4, 0.5) is 0 Å². The standard InChI is InChI=1S/C12H19NO7/c1-11(2,3)20-10(17)12(13,9(16)19-5)7(6-14)8(15)18-4/h6-7H,13H2,1-5H3/t7?,12-/m0/s1. The molecule has 0 aliphatic carbocycles. The van der Waals surface area contributed by atoms with Crippen LogP contribution in [-0.4, -0.2) is 49.6 Å². The van der Waals surface area contributed by atoms with E-state index in [2.05, 4.69) is 9.47 Å². The molecule has 0 radical (unpaired) electrons. The lowest BCUT2D eigenvalue weighted by atomic mass is 9.85. The van der Waals surface area contributed by atoms with Crippen LogP contribution in [0.1, 0.15) is 20.8 Å². The first-order valence-corrected chi connectivity index (χ1v) is 5.68. The average molecular weight is 289 g/mol. The van der Waals surface area contributed by atoms with Gasteiger partial charge in [-0.3, -0.25) is 4.79 Å². The summed E-state index contributed by atoms with van der Waals surface area (Å²) in [7, 11) is 1.96. The second-order valence-corrected chi connectivity index (χ2v) is 5.00. The lowest BCUT2D eigenvalue weighted by Crippen LogP contribution is -2.64. The van der Waals surface area contributed by atoms with Gasteiger partial charge in [0.25, 0.3) is 0 Å². The van der Waals surface area contributed by atoms with Crippen molar-refractivity contribution in [3.05, 3.63) is 0 Å². The molecule has 0 saturated carbocycles. The minimum absolute atomic E-state index is 0.0483. The Kier molecular flexibility index (Phi) is 5.83. The number of carbonyl (C=O) groups excluding carboxylic acids is 4. The van der Waals surface area contributed by atoms with Crippen molar-refractivity contribution in [1.29, 1.82) is 0 Å². The van der Waals surface area contributed by atoms with Crippen LogP contribution >= 0.6 is 0 Å². The molecule has 8 nitrogen and oxygen atoms in total. The maximum atomic E-state index is 12.1. The summed E-state index contributed by atoms with van der Waals surface area (Å²) in [5.41, 5.74) is 2.08. The van der Waals surface area contributed by atoms with Gasteiger partial charge in [-0.05, 0) is 20.8 Å². The average Bonchev–Trinajstić information content (AvgIpc) is 2.35. The topological polar surface area (TPSA) is 122 Å². The van der Waals surface area contributed by atoms with Crippen molar-refractivity contribution in [2.45, 2.75) is 31.9 Å². The first kappa shape index (κ1) is 18.0. The Bertz CT molecular complexity index is 413. The fourth-order valence-corrected chi connectivity index (χ4v) is 1.34. The number of hydrogen-bond donors (Lipinski definition) is 1. The number of methoxy groups -OCH3 is 2. The van der Waals surface area contributed by atoms with Gasteiger partial charge in [0.1, 0.15) is 11.9 Å². The van der Waals surface area contributed by atoms with Crippen molar-refractivity contribution in [3.8, 4) is 0 Å². The van der Waals surface area contributed by atoms with Crippen molar-refractivity contribution in [2.75, 3.05) is 14.2 Å². The van der Waals surface area contributed by atoms with Gasteiger partial charge in [-0.25, -0.2) is 9.59 Å². The first-order valence-electron chi connectivity index (χ1n) is 5.68. The second kappa shape index (κ2) is 6.47. The molecule has 0 rings (SSSR count). The molecule has 1 unspecified atom stereocenters. The summed E-state index contributed by atoms with van der Waals surface area (Å²) < 4.78 is 13.7. The fourth-order valence-electron chi connectivity index (χ4n) is 1.34. The van der Waals surface area contributed by atoms with E-state index in [-0.39, 0.29) is 6.29 Å². The molecule has 20 heavy (non-hydrogen) atoms. The lowest BCUT2D eigenvalue weighted by molar-refractivity contribution is -0.178. The monoisotopic (exact) mass is 289 g/mol. The van der Waals surface area contributed by atoms with E-state index in [1.54, 1.807) is 0 Å². The fraction of sp³-hybridized carbons (Fsp3) is 0.667. The molecule has 0 aliphatic heterocycles. The van der Waals surface area contributed by atoms with E-state index in [4.69, 9.17) is 10.5 Å². The third-order valence-electron chi connectivity index (χ3n) is 2.34. The molecule has 0 heterocycles. The zero-order valence-electron chi connectivity index (χ0n) is 12.1. The Morgan fingerprint density at radius 1 is 1.05 bits per heavy atom. The molecular formula is C12H19NO7. The van der Waals surface area contributed by atoms with Crippen LogP contribution in [0.3, 0.4) is 0 Å². The number of esters is 3. The van der Waals surface area contributed by atoms with E-state index < -0.39 is 35.0 Å². The molecule has 2 N–H and O–H groups in total. The summed E-state index contributed by atoms with van der Waals surface area (Å²) in [6.07, 6.45) is 0.0483. The third kappa shape index (κ3) is 3.77. The summed E-state index contributed by atoms with van der Waals surface area (Å²) in [5, 5.41) is 0. The van der Waals surface area contributed by atoms with Crippen molar-refractivity contribution < 1.29 is 33.4 Å². The molecule has 114 valence electrons. The van der Waals surface area contributed by atoms with Crippen LogP contribution in [0, 0.1) is 5.92 Å². The highest BCUT2D eigenvalue weighted by molar-refractivity contribution is 6.12. The van der Waals surface area contributed by atoms with Gasteiger partial charge >= 0.3 is 17.9 Å². The number of hydrogen-bond acceptors (Lipinski definition) is 8. The van der Waals surface area contributed by atoms with E-state index in [0.29, 0.717) is 0 Å². The quantitative estimate of drug-likeness (QED) is 0.302. The number of carbonyl (C=O) groups is 4. The van der Waals surface area contributed by atoms with Crippen LogP contribution in [0.15, 0.2) is 0 Å². The Balaban J connectivity index is 5.73. The highest BCUT2D eigenvalue weighted by Gasteiger charge is 2.56. The molecule has 0 aromatic heterocycles. The van der Waals surface area contributed by atoms with Crippen molar-refractivity contribution in [2.24, 2.45) is 11.7 Å². The van der Waals surface area contributed by atoms with Gasteiger partial charge in [0.05, 0.1) is 14.2 Å². The zero-order chi connectivity index (χ0) is 16.1. The number of nitrogens with two attached hydrogens (primary N) is 1. The predicted molar refractivity (Wildman–Crippen MR) is 66.3 cm³/mol. The van der Waals surface area contributed by atoms with Crippen molar-refractivity contribution >= 4 is 24.2 Å². The second-order valence-electron chi connectivity index (χ2n) is 5.00. The van der Waals surface area contributed by atoms with Crippen molar-refractivity contribution in [3.63, 3.8) is 0 Å². The molecular weight excluding hydrogens is 270 g/mol. The van der Waals surface area contributed by atoms with E-state index in [1.807, 2.05) is 0 Å². The Labute approximate surface area is 116 Å². The smallest absolute Gasteiger partial charge is 0.339 e. The van der Waals surface area contributed by atoms with Gasteiger partial charge in [0, 0.05) is 0 Å². The van der Waals surface area contributed by atoms with E-state index in [1.165, 1.54) is 20.8 Å². The summed E-state index contributed by atoms with van der Waals surface area (Å²) >= 11 is 0. The SMILES string of the molecule is COC(=O)C(C=O)[C@](N)(C(=O)OC)C(=O)OC(C)(C)C. The molecule has 0 spiro atoms. The van der Waals surface area contributed by atoms with Crippen LogP contribution in [-0.2, 0) is 33.4 Å². The number of ether oxygens (including phenoxy) is 3. The van der Waals surface area contributed by atoms with Gasteiger partial charge in [0.2, 0.25) is 5.54 Å². The van der Waals surface area contributed by atoms with E-state index >= 15 is 0 Å². The molecule has 8 heteroatoms. The minimum atomic E-state index is -2.60. The lowest BCUT2D eigenvalue weighted by Gasteiger charge is -2.31. The Hall–Kier alpha value is -1.96. The summed E-state index contributed by atoms with van der Waals surface area (Å²) in [4.78, 5) is 46.4. The van der Waals surface area contributed by atoms with Crippen molar-refractivity contribution in [1.82, 2.24) is 0 Å². The highest BCUT2D eigenvalue weighted by Crippen LogP contribution is 2.22. The van der Waals surface area contributed by atoms with Crippen LogP contribution < -0.4 is 5.73 Å². The molecule has 0 saturated heterocycles. The predicted octanol–water partition coefficient (Wildman–Crippen LogP) is -0.813. The van der Waals surface area contributed by atoms with E-state index in [0.717, 1.165) is 14.2 Å². The largest absolute Gasteiger partial charge is 0.468 e. The number of aldehydes is 1. The van der Waals surface area contributed by atoms with Crippen LogP contribution in [0.5, 0.6) is 0 Å². The zero-order valence-corrected chi connectivity index (χ0v) is 12.1. The maximum Gasteiger partial charge on any atom is 0.339 e. The Morgan fingerprint density at radius 2 is 1.55 bits per heavy atom. The van der Waals surface area contributed by atoms with E-state index in [9.17, 15) is 19.2 Å². The summed E-state index contributed by atoms with van der Waals surface area (Å²) in [6.45, 7) is 4.62. The van der Waals surface area contributed by atoms with Crippen LogP contribution in [0.2, 0.25) is 0 Å². The molecule has 0 fully saturated rings. The first-order chi connectivity index (χ1) is 9.04. The molecule has 0 aromatic carbocycles.